The zero-order chi connectivity index (χ0) is 22.9. The van der Waals surface area contributed by atoms with Gasteiger partial charge in [-0.2, -0.15) is 0 Å². The van der Waals surface area contributed by atoms with Crippen LogP contribution in [-0.4, -0.2) is 21.2 Å². The van der Waals surface area contributed by atoms with E-state index < -0.39 is 5.97 Å². The third kappa shape index (κ3) is 3.97. The van der Waals surface area contributed by atoms with Gasteiger partial charge in [-0.1, -0.05) is 35.9 Å². The molecular weight excluding hydrogens is 458 g/mol. The lowest BCUT2D eigenvalue weighted by atomic mass is 10.0. The third-order valence-electron chi connectivity index (χ3n) is 5.53. The molecule has 2 aromatic carbocycles. The standard InChI is InChI=1S/C25H18ClN3O3S/c26-18-10-9-15(24(30)31)14-17(18)20-11-12-21(32-20)23-22(19-8-4-5-13-27-19)28-25(33)29(23)16-6-2-1-3-7-16/h1-14,22-23H,(H,28,33)(H,30,31)/t22-,23-/m1/s1. The van der Waals surface area contributed by atoms with Gasteiger partial charge in [0.15, 0.2) is 5.11 Å². The second-order valence-corrected chi connectivity index (χ2v) is 8.33. The molecule has 0 spiro atoms. The number of carbonyl (C=O) groups is 1. The SMILES string of the molecule is O=C(O)c1ccc(Cl)c(-c2ccc([C@@H]3[C@@H](c4ccccn4)NC(=S)N3c3ccccc3)o2)c1. The Bertz CT molecular complexity index is 1330. The van der Waals surface area contributed by atoms with Crippen molar-refractivity contribution in [2.75, 3.05) is 4.90 Å². The van der Waals surface area contributed by atoms with Crippen molar-refractivity contribution in [3.8, 4) is 11.3 Å². The van der Waals surface area contributed by atoms with Crippen LogP contribution >= 0.6 is 23.8 Å². The van der Waals surface area contributed by atoms with E-state index in [4.69, 9.17) is 28.2 Å². The first-order valence-corrected chi connectivity index (χ1v) is 11.0. The number of rotatable bonds is 5. The van der Waals surface area contributed by atoms with E-state index in [0.29, 0.717) is 27.2 Å². The molecule has 33 heavy (non-hydrogen) atoms. The highest BCUT2D eigenvalue weighted by Gasteiger charge is 2.42. The molecule has 6 nitrogen and oxygen atoms in total. The summed E-state index contributed by atoms with van der Waals surface area (Å²) >= 11 is 12.1. The minimum absolute atomic E-state index is 0.133. The summed E-state index contributed by atoms with van der Waals surface area (Å²) in [6, 6.07) is 23.2. The topological polar surface area (TPSA) is 78.6 Å². The Kier molecular flexibility index (Phi) is 5.58. The van der Waals surface area contributed by atoms with Crippen LogP contribution in [0.5, 0.6) is 0 Å². The summed E-state index contributed by atoms with van der Waals surface area (Å²) in [4.78, 5) is 18.0. The lowest BCUT2D eigenvalue weighted by molar-refractivity contribution is 0.0697. The van der Waals surface area contributed by atoms with Crippen LogP contribution in [0.3, 0.4) is 0 Å². The minimum Gasteiger partial charge on any atom is -0.478 e. The molecule has 1 saturated heterocycles. The van der Waals surface area contributed by atoms with Crippen molar-refractivity contribution in [3.63, 3.8) is 0 Å². The third-order valence-corrected chi connectivity index (χ3v) is 6.17. The predicted molar refractivity (Wildman–Crippen MR) is 130 cm³/mol. The number of carboxylic acid groups (broad SMARTS) is 1. The van der Waals surface area contributed by atoms with Gasteiger partial charge in [-0.05, 0) is 66.8 Å². The number of anilines is 1. The van der Waals surface area contributed by atoms with Crippen LogP contribution < -0.4 is 10.2 Å². The number of carboxylic acids is 1. The summed E-state index contributed by atoms with van der Waals surface area (Å²) in [6.07, 6.45) is 1.74. The highest BCUT2D eigenvalue weighted by atomic mass is 35.5. The van der Waals surface area contributed by atoms with E-state index in [9.17, 15) is 9.90 Å². The second-order valence-electron chi connectivity index (χ2n) is 7.53. The van der Waals surface area contributed by atoms with Crippen LogP contribution in [0.25, 0.3) is 11.3 Å². The summed E-state index contributed by atoms with van der Waals surface area (Å²) in [7, 11) is 0. The van der Waals surface area contributed by atoms with Gasteiger partial charge in [0.25, 0.3) is 0 Å². The van der Waals surface area contributed by atoms with E-state index >= 15 is 0 Å². The summed E-state index contributed by atoms with van der Waals surface area (Å²) < 4.78 is 6.27. The fraction of sp³-hybridized carbons (Fsp3) is 0.0800. The highest BCUT2D eigenvalue weighted by Crippen LogP contribution is 2.43. The van der Waals surface area contributed by atoms with Gasteiger partial charge in [-0.25, -0.2) is 4.79 Å². The fourth-order valence-corrected chi connectivity index (χ4v) is 4.57. The number of aromatic nitrogens is 1. The van der Waals surface area contributed by atoms with Crippen molar-refractivity contribution < 1.29 is 14.3 Å². The first kappa shape index (κ1) is 21.2. The second kappa shape index (κ2) is 8.69. The molecule has 0 radical (unpaired) electrons. The number of nitrogens with one attached hydrogen (secondary N) is 1. The number of thiocarbonyl (C=S) groups is 1. The molecule has 1 aliphatic heterocycles. The normalized spacial score (nSPS) is 17.7. The molecule has 164 valence electrons. The number of halogens is 1. The number of aromatic carboxylic acids is 1. The van der Waals surface area contributed by atoms with Crippen molar-refractivity contribution >= 4 is 40.6 Å². The van der Waals surface area contributed by atoms with Gasteiger partial charge >= 0.3 is 5.97 Å². The molecule has 2 aromatic heterocycles. The van der Waals surface area contributed by atoms with Gasteiger partial charge in [-0.3, -0.25) is 4.98 Å². The van der Waals surface area contributed by atoms with Crippen LogP contribution in [0, 0.1) is 0 Å². The molecule has 5 rings (SSSR count). The molecule has 0 bridgehead atoms. The Labute approximate surface area is 200 Å². The fourth-order valence-electron chi connectivity index (χ4n) is 4.01. The zero-order valence-corrected chi connectivity index (χ0v) is 18.8. The number of furan rings is 1. The molecule has 2 N–H and O–H groups in total. The monoisotopic (exact) mass is 475 g/mol. The molecule has 0 aliphatic carbocycles. The molecule has 0 unspecified atom stereocenters. The first-order valence-electron chi connectivity index (χ1n) is 10.2. The lowest BCUT2D eigenvalue weighted by Crippen LogP contribution is -2.29. The van der Waals surface area contributed by atoms with Crippen molar-refractivity contribution in [1.29, 1.82) is 0 Å². The maximum Gasteiger partial charge on any atom is 0.335 e. The first-order chi connectivity index (χ1) is 16.0. The molecule has 0 amide bonds. The van der Waals surface area contributed by atoms with Crippen molar-refractivity contribution in [2.45, 2.75) is 12.1 Å². The van der Waals surface area contributed by atoms with E-state index in [0.717, 1.165) is 11.4 Å². The zero-order valence-electron chi connectivity index (χ0n) is 17.2. The average Bonchev–Trinajstić information content (AvgIpc) is 3.45. The van der Waals surface area contributed by atoms with Crippen LogP contribution in [-0.2, 0) is 0 Å². The molecule has 1 fully saturated rings. The number of nitrogens with zero attached hydrogens (tertiary/aromatic N) is 2. The maximum absolute atomic E-state index is 11.4. The van der Waals surface area contributed by atoms with Crippen LogP contribution in [0.15, 0.2) is 89.5 Å². The molecular formula is C25H18ClN3O3S. The van der Waals surface area contributed by atoms with E-state index in [2.05, 4.69) is 10.3 Å². The Morgan fingerprint density at radius 3 is 2.58 bits per heavy atom. The molecule has 0 saturated carbocycles. The van der Waals surface area contributed by atoms with Crippen LogP contribution in [0.2, 0.25) is 5.02 Å². The number of para-hydroxylation sites is 1. The Morgan fingerprint density at radius 2 is 1.85 bits per heavy atom. The lowest BCUT2D eigenvalue weighted by Gasteiger charge is -2.26. The van der Waals surface area contributed by atoms with E-state index in [1.807, 2.05) is 59.5 Å². The highest BCUT2D eigenvalue weighted by molar-refractivity contribution is 7.80. The summed E-state index contributed by atoms with van der Waals surface area (Å²) in [5, 5.41) is 13.7. The predicted octanol–water partition coefficient (Wildman–Crippen LogP) is 5.87. The van der Waals surface area contributed by atoms with Gasteiger partial charge in [0, 0.05) is 17.4 Å². The van der Waals surface area contributed by atoms with Gasteiger partial charge in [-0.15, -0.1) is 0 Å². The summed E-state index contributed by atoms with van der Waals surface area (Å²) in [5.74, 6) is 0.0906. The smallest absolute Gasteiger partial charge is 0.335 e. The van der Waals surface area contributed by atoms with Crippen LogP contribution in [0.1, 0.15) is 33.9 Å². The largest absolute Gasteiger partial charge is 0.478 e. The number of pyridine rings is 1. The van der Waals surface area contributed by atoms with E-state index in [1.165, 1.54) is 12.1 Å². The molecule has 4 aromatic rings. The van der Waals surface area contributed by atoms with Gasteiger partial charge in [0.05, 0.1) is 22.3 Å². The summed E-state index contributed by atoms with van der Waals surface area (Å²) in [5.41, 5.74) is 2.39. The summed E-state index contributed by atoms with van der Waals surface area (Å²) in [6.45, 7) is 0. The molecule has 1 aliphatic rings. The van der Waals surface area contributed by atoms with Crippen molar-refractivity contribution in [2.24, 2.45) is 0 Å². The number of benzene rings is 2. The Balaban J connectivity index is 1.61. The number of hydrogen-bond donors (Lipinski definition) is 2. The van der Waals surface area contributed by atoms with Crippen LogP contribution in [0.4, 0.5) is 5.69 Å². The Hall–Kier alpha value is -3.68. The van der Waals surface area contributed by atoms with E-state index in [-0.39, 0.29) is 17.6 Å². The molecule has 8 heteroatoms. The Morgan fingerprint density at radius 1 is 1.06 bits per heavy atom. The minimum atomic E-state index is -1.03. The maximum atomic E-state index is 11.4. The quantitative estimate of drug-likeness (QED) is 0.349. The van der Waals surface area contributed by atoms with Crippen molar-refractivity contribution in [1.82, 2.24) is 10.3 Å². The van der Waals surface area contributed by atoms with Gasteiger partial charge < -0.3 is 19.7 Å². The average molecular weight is 476 g/mol. The number of hydrogen-bond acceptors (Lipinski definition) is 4. The van der Waals surface area contributed by atoms with Crippen molar-refractivity contribution in [3.05, 3.63) is 107 Å². The van der Waals surface area contributed by atoms with E-state index in [1.54, 1.807) is 18.3 Å². The molecule has 2 atom stereocenters. The van der Waals surface area contributed by atoms with Gasteiger partial charge in [0.1, 0.15) is 17.6 Å². The van der Waals surface area contributed by atoms with Gasteiger partial charge in [0.2, 0.25) is 0 Å². The molecule has 3 heterocycles.